The molecule has 5 heteroatoms. The van der Waals surface area contributed by atoms with Crippen molar-refractivity contribution >= 4 is 23.4 Å². The molecule has 0 aliphatic carbocycles. The predicted octanol–water partition coefficient (Wildman–Crippen LogP) is 5.57. The van der Waals surface area contributed by atoms with E-state index in [1.807, 2.05) is 72.8 Å². The highest BCUT2D eigenvalue weighted by Crippen LogP contribution is 2.25. The maximum Gasteiger partial charge on any atom is 0.247 e. The van der Waals surface area contributed by atoms with Crippen LogP contribution in [0.2, 0.25) is 5.02 Å². The zero-order valence-electron chi connectivity index (χ0n) is 18.3. The van der Waals surface area contributed by atoms with Crippen molar-refractivity contribution in [1.29, 1.82) is 0 Å². The van der Waals surface area contributed by atoms with Gasteiger partial charge >= 0.3 is 0 Å². The van der Waals surface area contributed by atoms with Gasteiger partial charge in [0.25, 0.3) is 0 Å². The van der Waals surface area contributed by atoms with Crippen LogP contribution < -0.4 is 5.32 Å². The molecule has 32 heavy (non-hydrogen) atoms. The Morgan fingerprint density at radius 1 is 0.875 bits per heavy atom. The van der Waals surface area contributed by atoms with Crippen molar-refractivity contribution in [2.45, 2.75) is 38.8 Å². The Hall–Kier alpha value is -3.11. The third kappa shape index (κ3) is 6.69. The van der Waals surface area contributed by atoms with E-state index in [2.05, 4.69) is 12.2 Å². The fraction of sp³-hybridized carbons (Fsp3) is 0.259. The van der Waals surface area contributed by atoms with Crippen molar-refractivity contribution in [2.75, 3.05) is 6.54 Å². The number of rotatable bonds is 10. The number of hydrogen-bond donors (Lipinski definition) is 1. The third-order valence-electron chi connectivity index (χ3n) is 5.29. The minimum atomic E-state index is -0.715. The van der Waals surface area contributed by atoms with Crippen LogP contribution in [0.4, 0.5) is 0 Å². The van der Waals surface area contributed by atoms with Crippen LogP contribution in [-0.4, -0.2) is 23.3 Å². The lowest BCUT2D eigenvalue weighted by molar-refractivity contribution is -0.141. The Morgan fingerprint density at radius 3 is 2.12 bits per heavy atom. The SMILES string of the molecule is CCCCNC(=O)[C@H](c1ccccc1)N(Cc1ccccc1)C(=O)Cc1ccc(Cl)cc1. The summed E-state index contributed by atoms with van der Waals surface area (Å²) in [6.45, 7) is 3.01. The maximum atomic E-state index is 13.6. The van der Waals surface area contributed by atoms with Crippen molar-refractivity contribution < 1.29 is 9.59 Å². The number of nitrogens with zero attached hydrogens (tertiary/aromatic N) is 1. The minimum absolute atomic E-state index is 0.115. The van der Waals surface area contributed by atoms with Crippen molar-refractivity contribution in [3.8, 4) is 0 Å². The van der Waals surface area contributed by atoms with Crippen LogP contribution in [0.1, 0.15) is 42.5 Å². The first kappa shape index (κ1) is 23.6. The zero-order chi connectivity index (χ0) is 22.8. The smallest absolute Gasteiger partial charge is 0.247 e. The molecule has 0 bridgehead atoms. The Balaban J connectivity index is 1.94. The fourth-order valence-corrected chi connectivity index (χ4v) is 3.70. The van der Waals surface area contributed by atoms with Gasteiger partial charge < -0.3 is 10.2 Å². The van der Waals surface area contributed by atoms with Gasteiger partial charge in [-0.3, -0.25) is 9.59 Å². The van der Waals surface area contributed by atoms with Crippen LogP contribution in [-0.2, 0) is 22.6 Å². The highest BCUT2D eigenvalue weighted by Gasteiger charge is 2.31. The van der Waals surface area contributed by atoms with E-state index in [1.165, 1.54) is 0 Å². The lowest BCUT2D eigenvalue weighted by atomic mass is 10.0. The van der Waals surface area contributed by atoms with E-state index >= 15 is 0 Å². The van der Waals surface area contributed by atoms with Gasteiger partial charge in [0.2, 0.25) is 11.8 Å². The lowest BCUT2D eigenvalue weighted by Crippen LogP contribution is -2.44. The average Bonchev–Trinajstić information content (AvgIpc) is 2.81. The number of benzene rings is 3. The second-order valence-corrected chi connectivity index (χ2v) is 8.20. The quantitative estimate of drug-likeness (QED) is 0.412. The van der Waals surface area contributed by atoms with Crippen LogP contribution in [0.3, 0.4) is 0 Å². The first-order valence-corrected chi connectivity index (χ1v) is 11.4. The molecule has 0 aliphatic heterocycles. The van der Waals surface area contributed by atoms with E-state index in [-0.39, 0.29) is 18.2 Å². The summed E-state index contributed by atoms with van der Waals surface area (Å²) in [5, 5.41) is 3.65. The molecule has 3 aromatic rings. The molecule has 0 saturated carbocycles. The predicted molar refractivity (Wildman–Crippen MR) is 129 cm³/mol. The molecule has 3 aromatic carbocycles. The maximum absolute atomic E-state index is 13.6. The van der Waals surface area contributed by atoms with Gasteiger partial charge in [-0.05, 0) is 35.2 Å². The van der Waals surface area contributed by atoms with E-state index in [0.29, 0.717) is 18.1 Å². The normalized spacial score (nSPS) is 11.6. The number of halogens is 1. The number of nitrogens with one attached hydrogen (secondary N) is 1. The summed E-state index contributed by atoms with van der Waals surface area (Å²) in [6, 6.07) is 25.8. The number of hydrogen-bond acceptors (Lipinski definition) is 2. The highest BCUT2D eigenvalue weighted by atomic mass is 35.5. The first-order chi connectivity index (χ1) is 15.6. The summed E-state index contributed by atoms with van der Waals surface area (Å²) < 4.78 is 0. The van der Waals surface area contributed by atoms with Crippen molar-refractivity contribution in [1.82, 2.24) is 10.2 Å². The van der Waals surface area contributed by atoms with Gasteiger partial charge in [0.15, 0.2) is 0 Å². The van der Waals surface area contributed by atoms with Crippen molar-refractivity contribution in [2.24, 2.45) is 0 Å². The summed E-state index contributed by atoms with van der Waals surface area (Å²) in [4.78, 5) is 28.6. The van der Waals surface area contributed by atoms with Crippen LogP contribution in [0.25, 0.3) is 0 Å². The van der Waals surface area contributed by atoms with Crippen LogP contribution in [0, 0.1) is 0 Å². The largest absolute Gasteiger partial charge is 0.354 e. The Kier molecular flexibility index (Phi) is 8.88. The second kappa shape index (κ2) is 12.1. The molecule has 0 saturated heterocycles. The molecule has 0 radical (unpaired) electrons. The van der Waals surface area contributed by atoms with Crippen LogP contribution in [0.5, 0.6) is 0 Å². The molecule has 166 valence electrons. The van der Waals surface area contributed by atoms with Gasteiger partial charge in [-0.15, -0.1) is 0 Å². The average molecular weight is 449 g/mol. The highest BCUT2D eigenvalue weighted by molar-refractivity contribution is 6.30. The molecular formula is C27H29ClN2O2. The summed E-state index contributed by atoms with van der Waals surface area (Å²) in [6.07, 6.45) is 2.07. The molecular weight excluding hydrogens is 420 g/mol. The molecule has 0 fully saturated rings. The number of carbonyl (C=O) groups is 2. The molecule has 4 nitrogen and oxygen atoms in total. The first-order valence-electron chi connectivity index (χ1n) is 11.0. The summed E-state index contributed by atoms with van der Waals surface area (Å²) >= 11 is 6.00. The van der Waals surface area contributed by atoms with Gasteiger partial charge in [0, 0.05) is 18.1 Å². The topological polar surface area (TPSA) is 49.4 Å². The Bertz CT molecular complexity index is 991. The number of carbonyl (C=O) groups excluding carboxylic acids is 2. The van der Waals surface area contributed by atoms with Crippen molar-refractivity contribution in [3.05, 3.63) is 107 Å². The number of unbranched alkanes of at least 4 members (excludes halogenated alkanes) is 1. The standard InChI is InChI=1S/C27H29ClN2O2/c1-2-3-18-29-27(32)26(23-12-8-5-9-13-23)30(20-22-10-6-4-7-11-22)25(31)19-21-14-16-24(28)17-15-21/h4-17,26H,2-3,18-20H2,1H3,(H,29,32)/t26-/m0/s1. The van der Waals surface area contributed by atoms with Crippen LogP contribution >= 0.6 is 11.6 Å². The fourth-order valence-electron chi connectivity index (χ4n) is 3.58. The summed E-state index contributed by atoms with van der Waals surface area (Å²) in [5.74, 6) is -0.277. The molecule has 0 aromatic heterocycles. The monoisotopic (exact) mass is 448 g/mol. The van der Waals surface area contributed by atoms with E-state index in [4.69, 9.17) is 11.6 Å². The van der Waals surface area contributed by atoms with E-state index in [9.17, 15) is 9.59 Å². The Morgan fingerprint density at radius 2 is 1.50 bits per heavy atom. The zero-order valence-corrected chi connectivity index (χ0v) is 19.1. The van der Waals surface area contributed by atoms with E-state index in [1.54, 1.807) is 17.0 Å². The third-order valence-corrected chi connectivity index (χ3v) is 5.54. The lowest BCUT2D eigenvalue weighted by Gasteiger charge is -2.32. The molecule has 1 atom stereocenters. The van der Waals surface area contributed by atoms with Gasteiger partial charge in [0.05, 0.1) is 6.42 Å². The van der Waals surface area contributed by atoms with Gasteiger partial charge in [-0.25, -0.2) is 0 Å². The molecule has 0 aliphatic rings. The van der Waals surface area contributed by atoms with E-state index in [0.717, 1.165) is 29.5 Å². The van der Waals surface area contributed by atoms with Gasteiger partial charge in [0.1, 0.15) is 6.04 Å². The molecule has 1 N–H and O–H groups in total. The van der Waals surface area contributed by atoms with Crippen LogP contribution in [0.15, 0.2) is 84.9 Å². The summed E-state index contributed by atoms with van der Waals surface area (Å²) in [7, 11) is 0. The number of amides is 2. The molecule has 3 rings (SSSR count). The summed E-state index contributed by atoms with van der Waals surface area (Å²) in [5.41, 5.74) is 2.62. The Labute approximate surface area is 195 Å². The van der Waals surface area contributed by atoms with Gasteiger partial charge in [-0.1, -0.05) is 97.7 Å². The van der Waals surface area contributed by atoms with E-state index < -0.39 is 6.04 Å². The van der Waals surface area contributed by atoms with Gasteiger partial charge in [-0.2, -0.15) is 0 Å². The second-order valence-electron chi connectivity index (χ2n) is 7.77. The molecule has 0 heterocycles. The van der Waals surface area contributed by atoms with Crippen molar-refractivity contribution in [3.63, 3.8) is 0 Å². The molecule has 0 unspecified atom stereocenters. The molecule has 0 spiro atoms. The minimum Gasteiger partial charge on any atom is -0.354 e. The molecule has 2 amide bonds.